The van der Waals surface area contributed by atoms with Crippen LogP contribution in [-0.4, -0.2) is 42.7 Å². The van der Waals surface area contributed by atoms with Gasteiger partial charge in [0.05, 0.1) is 25.5 Å². The van der Waals surface area contributed by atoms with Gasteiger partial charge in [-0.15, -0.1) is 0 Å². The summed E-state index contributed by atoms with van der Waals surface area (Å²) in [7, 11) is 0. The number of nitrogens with zero attached hydrogens (tertiary/aromatic N) is 3. The van der Waals surface area contributed by atoms with Crippen molar-refractivity contribution < 1.29 is 18.3 Å². The molecule has 1 aliphatic heterocycles. The second-order valence-electron chi connectivity index (χ2n) is 8.27. The van der Waals surface area contributed by atoms with Crippen LogP contribution in [0, 0.1) is 11.3 Å². The van der Waals surface area contributed by atoms with Gasteiger partial charge in [0.25, 0.3) is 0 Å². The van der Waals surface area contributed by atoms with Crippen molar-refractivity contribution in [1.82, 2.24) is 9.88 Å². The molecular formula is C27H25ClN4O4. The Kier molecular flexibility index (Phi) is 7.52. The molecular weight excluding hydrogens is 480 g/mol. The molecule has 0 amide bonds. The summed E-state index contributed by atoms with van der Waals surface area (Å²) in [6.07, 6.45) is 1.66. The number of hydrogen-bond donors (Lipinski definition) is 1. The fourth-order valence-corrected chi connectivity index (χ4v) is 4.27. The van der Waals surface area contributed by atoms with Crippen LogP contribution in [0.15, 0.2) is 75.8 Å². The van der Waals surface area contributed by atoms with Crippen LogP contribution in [0.2, 0.25) is 5.02 Å². The van der Waals surface area contributed by atoms with Crippen LogP contribution in [0.5, 0.6) is 5.75 Å². The maximum absolute atomic E-state index is 9.63. The Morgan fingerprint density at radius 3 is 2.61 bits per heavy atom. The van der Waals surface area contributed by atoms with E-state index >= 15 is 0 Å². The van der Waals surface area contributed by atoms with Crippen LogP contribution < -0.4 is 10.1 Å². The van der Waals surface area contributed by atoms with Crippen molar-refractivity contribution in [3.8, 4) is 23.3 Å². The van der Waals surface area contributed by atoms with Crippen molar-refractivity contribution in [2.24, 2.45) is 0 Å². The van der Waals surface area contributed by atoms with Gasteiger partial charge in [-0.2, -0.15) is 10.2 Å². The third-order valence-electron chi connectivity index (χ3n) is 6.00. The minimum absolute atomic E-state index is 0.0291. The van der Waals surface area contributed by atoms with E-state index < -0.39 is 0 Å². The molecule has 3 heterocycles. The summed E-state index contributed by atoms with van der Waals surface area (Å²) in [5, 5.41) is 13.6. The van der Waals surface area contributed by atoms with E-state index in [4.69, 9.17) is 29.9 Å². The van der Waals surface area contributed by atoms with Gasteiger partial charge in [-0.3, -0.25) is 4.90 Å². The van der Waals surface area contributed by atoms with Crippen molar-refractivity contribution in [2.45, 2.75) is 12.6 Å². The van der Waals surface area contributed by atoms with E-state index in [1.54, 1.807) is 6.26 Å². The third kappa shape index (κ3) is 5.55. The Labute approximate surface area is 214 Å². The van der Waals surface area contributed by atoms with Crippen LogP contribution in [0.25, 0.3) is 11.5 Å². The Hall–Kier alpha value is -3.77. The summed E-state index contributed by atoms with van der Waals surface area (Å²) in [5.41, 5.74) is 1.85. The summed E-state index contributed by atoms with van der Waals surface area (Å²) >= 11 is 6.20. The third-order valence-corrected chi connectivity index (χ3v) is 6.37. The lowest BCUT2D eigenvalue weighted by Gasteiger charge is -2.33. The fraction of sp³-hybridized carbons (Fsp3) is 0.259. The molecule has 0 saturated carbocycles. The van der Waals surface area contributed by atoms with Gasteiger partial charge in [-0.05, 0) is 42.5 Å². The number of ether oxygens (including phenoxy) is 2. The van der Waals surface area contributed by atoms with Crippen molar-refractivity contribution >= 4 is 17.5 Å². The molecule has 1 saturated heterocycles. The Morgan fingerprint density at radius 2 is 1.89 bits per heavy atom. The van der Waals surface area contributed by atoms with Gasteiger partial charge < -0.3 is 23.6 Å². The Morgan fingerprint density at radius 1 is 1.08 bits per heavy atom. The normalized spacial score (nSPS) is 14.8. The number of morpholine rings is 1. The molecule has 1 fully saturated rings. The first-order valence-corrected chi connectivity index (χ1v) is 12.1. The number of hydrogen-bond acceptors (Lipinski definition) is 8. The first-order chi connectivity index (χ1) is 17.7. The molecule has 4 aromatic rings. The zero-order valence-corrected chi connectivity index (χ0v) is 20.3. The molecule has 5 rings (SSSR count). The summed E-state index contributed by atoms with van der Waals surface area (Å²) in [4.78, 5) is 6.67. The van der Waals surface area contributed by atoms with E-state index in [-0.39, 0.29) is 11.7 Å². The quantitative estimate of drug-likeness (QED) is 0.318. The Bertz CT molecular complexity index is 1310. The average Bonchev–Trinajstić information content (AvgIpc) is 3.60. The maximum Gasteiger partial charge on any atom is 0.232 e. The number of oxazole rings is 1. The highest BCUT2D eigenvalue weighted by Crippen LogP contribution is 2.29. The zero-order chi connectivity index (χ0) is 24.7. The van der Waals surface area contributed by atoms with Crippen LogP contribution in [0.3, 0.4) is 0 Å². The second kappa shape index (κ2) is 11.3. The van der Waals surface area contributed by atoms with Crippen LogP contribution in [-0.2, 0) is 11.3 Å². The number of nitriles is 1. The van der Waals surface area contributed by atoms with Gasteiger partial charge in [0.1, 0.15) is 24.2 Å². The number of benzene rings is 2. The lowest BCUT2D eigenvalue weighted by Crippen LogP contribution is -2.41. The molecule has 0 radical (unpaired) electrons. The van der Waals surface area contributed by atoms with Crippen molar-refractivity contribution in [3.63, 3.8) is 0 Å². The van der Waals surface area contributed by atoms with Gasteiger partial charge in [0.15, 0.2) is 0 Å². The molecule has 0 aliphatic carbocycles. The van der Waals surface area contributed by atoms with Crippen LogP contribution in [0.1, 0.15) is 23.1 Å². The fourth-order valence-electron chi connectivity index (χ4n) is 4.08. The van der Waals surface area contributed by atoms with Crippen LogP contribution >= 0.6 is 11.6 Å². The Balaban J connectivity index is 1.27. The monoisotopic (exact) mass is 504 g/mol. The minimum Gasteiger partial charge on any atom is -0.489 e. The van der Waals surface area contributed by atoms with Gasteiger partial charge in [0, 0.05) is 35.8 Å². The van der Waals surface area contributed by atoms with Gasteiger partial charge in [-0.25, -0.2) is 0 Å². The summed E-state index contributed by atoms with van der Waals surface area (Å²) in [5.74, 6) is 2.22. The van der Waals surface area contributed by atoms with Crippen LogP contribution in [0.4, 0.5) is 5.88 Å². The number of aromatic nitrogens is 1. The van der Waals surface area contributed by atoms with E-state index in [0.29, 0.717) is 48.9 Å². The first kappa shape index (κ1) is 23.9. The molecule has 36 heavy (non-hydrogen) atoms. The van der Waals surface area contributed by atoms with E-state index in [1.165, 1.54) is 0 Å². The largest absolute Gasteiger partial charge is 0.489 e. The number of anilines is 1. The first-order valence-electron chi connectivity index (χ1n) is 11.7. The minimum atomic E-state index is -0.0291. The van der Waals surface area contributed by atoms with E-state index in [1.807, 2.05) is 60.7 Å². The second-order valence-corrected chi connectivity index (χ2v) is 8.68. The van der Waals surface area contributed by atoms with Crippen molar-refractivity contribution in [1.29, 1.82) is 5.26 Å². The summed E-state index contributed by atoms with van der Waals surface area (Å²) in [6, 6.07) is 20.8. The molecule has 9 heteroatoms. The number of furan rings is 1. The van der Waals surface area contributed by atoms with Gasteiger partial charge in [0.2, 0.25) is 17.5 Å². The molecule has 1 N–H and O–H groups in total. The van der Waals surface area contributed by atoms with Gasteiger partial charge in [-0.1, -0.05) is 29.8 Å². The molecule has 2 aromatic heterocycles. The van der Waals surface area contributed by atoms with Crippen molar-refractivity contribution in [2.75, 3.05) is 38.2 Å². The average molecular weight is 505 g/mol. The molecule has 1 unspecified atom stereocenters. The lowest BCUT2D eigenvalue weighted by molar-refractivity contribution is 0.0144. The predicted molar refractivity (Wildman–Crippen MR) is 135 cm³/mol. The number of halogens is 1. The lowest BCUT2D eigenvalue weighted by atomic mass is 10.1. The smallest absolute Gasteiger partial charge is 0.232 e. The molecule has 0 spiro atoms. The molecule has 2 aromatic carbocycles. The molecule has 1 atom stereocenters. The number of rotatable bonds is 9. The highest BCUT2D eigenvalue weighted by atomic mass is 35.5. The molecule has 184 valence electrons. The van der Waals surface area contributed by atoms with E-state index in [0.717, 1.165) is 30.0 Å². The maximum atomic E-state index is 9.63. The van der Waals surface area contributed by atoms with E-state index in [2.05, 4.69) is 21.3 Å². The van der Waals surface area contributed by atoms with Gasteiger partial charge >= 0.3 is 0 Å². The molecule has 0 bridgehead atoms. The van der Waals surface area contributed by atoms with Crippen molar-refractivity contribution in [3.05, 3.63) is 89.0 Å². The molecule has 8 nitrogen and oxygen atoms in total. The highest BCUT2D eigenvalue weighted by Gasteiger charge is 2.26. The standard InChI is InChI=1S/C27H25ClN4O4/c28-22-5-2-1-4-20(22)18-35-21-9-7-19(8-10-21)26-31-23(16-29)27(36-26)30-17-24(25-6-3-13-34-25)32-11-14-33-15-12-32/h1-10,13,24,30H,11-12,14-15,17-18H2. The van der Waals surface area contributed by atoms with E-state index in [9.17, 15) is 5.26 Å². The SMILES string of the molecule is N#Cc1nc(-c2ccc(OCc3ccccc3Cl)cc2)oc1NCC(c1ccco1)N1CCOCC1. The highest BCUT2D eigenvalue weighted by molar-refractivity contribution is 6.31. The topological polar surface area (TPSA) is 96.7 Å². The number of nitrogens with one attached hydrogen (secondary N) is 1. The zero-order valence-electron chi connectivity index (χ0n) is 19.5. The summed E-state index contributed by atoms with van der Waals surface area (Å²) < 4.78 is 23.0. The summed E-state index contributed by atoms with van der Waals surface area (Å²) in [6.45, 7) is 3.79. The molecule has 1 aliphatic rings. The predicted octanol–water partition coefficient (Wildman–Crippen LogP) is 5.52.